The molecular weight excluding hydrogens is 525 g/mol. The van der Waals surface area contributed by atoms with E-state index in [2.05, 4.69) is 51.1 Å². The molecule has 2 heterocycles. The van der Waals surface area contributed by atoms with Gasteiger partial charge in [0.15, 0.2) is 0 Å². The summed E-state index contributed by atoms with van der Waals surface area (Å²) in [5, 5.41) is 26.8. The zero-order valence-corrected chi connectivity index (χ0v) is 22.6. The number of hydrogen-bond acceptors (Lipinski definition) is 6. The van der Waals surface area contributed by atoms with Gasteiger partial charge in [-0.25, -0.2) is 9.07 Å². The smallest absolute Gasteiger partial charge is 0.128 e. The first-order chi connectivity index (χ1) is 19.6. The molecule has 1 fully saturated rings. The molecule has 1 saturated carbocycles. The van der Waals surface area contributed by atoms with Crippen LogP contribution in [-0.2, 0) is 0 Å². The van der Waals surface area contributed by atoms with Gasteiger partial charge in [0.2, 0.25) is 0 Å². The maximum atomic E-state index is 15.1. The van der Waals surface area contributed by atoms with Crippen molar-refractivity contribution < 1.29 is 4.39 Å². The second kappa shape index (κ2) is 10.9. The van der Waals surface area contributed by atoms with Gasteiger partial charge in [-0.1, -0.05) is 72.3 Å². The summed E-state index contributed by atoms with van der Waals surface area (Å²) < 4.78 is 17.0. The summed E-state index contributed by atoms with van der Waals surface area (Å²) in [6.45, 7) is 2.09. The summed E-state index contributed by atoms with van der Waals surface area (Å²) in [4.78, 5) is 4.65. The number of pyridine rings is 1. The third-order valence-corrected chi connectivity index (χ3v) is 7.46. The number of nitrogens with zero attached hydrogens (tertiary/aromatic N) is 5. The van der Waals surface area contributed by atoms with Crippen LogP contribution < -0.4 is 10.6 Å². The first-order valence-corrected chi connectivity index (χ1v) is 13.7. The molecule has 0 bridgehead atoms. The molecule has 0 spiro atoms. The molecule has 5 aromatic rings. The molecule has 0 saturated heterocycles. The van der Waals surface area contributed by atoms with Crippen LogP contribution >= 0.6 is 11.6 Å². The number of rotatable bonds is 9. The van der Waals surface area contributed by atoms with Crippen LogP contribution in [0.4, 0.5) is 15.8 Å². The Morgan fingerprint density at radius 2 is 1.88 bits per heavy atom. The zero-order chi connectivity index (χ0) is 27.6. The second-order valence-electron chi connectivity index (χ2n) is 9.98. The van der Waals surface area contributed by atoms with E-state index in [9.17, 15) is 5.26 Å². The fourth-order valence-corrected chi connectivity index (χ4v) is 5.23. The quantitative estimate of drug-likeness (QED) is 0.196. The molecule has 2 N–H and O–H groups in total. The highest BCUT2D eigenvalue weighted by molar-refractivity contribution is 6.32. The Morgan fingerprint density at radius 1 is 1.10 bits per heavy atom. The van der Waals surface area contributed by atoms with Gasteiger partial charge in [-0.2, -0.15) is 5.26 Å². The monoisotopic (exact) mass is 551 g/mol. The molecule has 2 aromatic heterocycles. The largest absolute Gasteiger partial charge is 0.377 e. The summed E-state index contributed by atoms with van der Waals surface area (Å²) >= 11 is 6.65. The molecule has 0 unspecified atom stereocenters. The Hall–Kier alpha value is -4.48. The molecule has 3 aromatic carbocycles. The minimum absolute atomic E-state index is 0.0297. The number of nitrogens with one attached hydrogen (secondary N) is 2. The van der Waals surface area contributed by atoms with E-state index >= 15 is 4.39 Å². The number of halogens is 2. The minimum atomic E-state index is -0.642. The maximum absolute atomic E-state index is 15.1. The van der Waals surface area contributed by atoms with Gasteiger partial charge in [0, 0.05) is 22.2 Å². The molecular formula is C31H27ClFN7. The van der Waals surface area contributed by atoms with Gasteiger partial charge >= 0.3 is 0 Å². The van der Waals surface area contributed by atoms with Crippen LogP contribution in [0.25, 0.3) is 10.9 Å². The van der Waals surface area contributed by atoms with Crippen LogP contribution in [0.2, 0.25) is 5.02 Å². The third kappa shape index (κ3) is 5.08. The predicted octanol–water partition coefficient (Wildman–Crippen LogP) is 7.59. The van der Waals surface area contributed by atoms with Gasteiger partial charge in [-0.3, -0.25) is 4.98 Å². The van der Waals surface area contributed by atoms with Crippen molar-refractivity contribution in [1.82, 2.24) is 20.0 Å². The van der Waals surface area contributed by atoms with E-state index in [4.69, 9.17) is 11.6 Å². The van der Waals surface area contributed by atoms with Crippen LogP contribution in [0, 0.1) is 17.1 Å². The Labute approximate surface area is 236 Å². The van der Waals surface area contributed by atoms with Crippen molar-refractivity contribution in [3.8, 4) is 6.07 Å². The number of benzene rings is 3. The SMILES string of the molecule is CC[C@@H](Nc1c(C#N)cnc2c(N[C@H](c3cn(C4CC4)nn3)c3ccccc3F)cc(Cl)cc12)c1ccccc1. The van der Waals surface area contributed by atoms with E-state index in [1.807, 2.05) is 29.1 Å². The summed E-state index contributed by atoms with van der Waals surface area (Å²) in [7, 11) is 0. The van der Waals surface area contributed by atoms with Gasteiger partial charge in [-0.05, 0) is 43.0 Å². The Kier molecular flexibility index (Phi) is 7.06. The lowest BCUT2D eigenvalue weighted by molar-refractivity contribution is 0.601. The van der Waals surface area contributed by atoms with Gasteiger partial charge < -0.3 is 10.6 Å². The molecule has 6 rings (SSSR count). The summed E-state index contributed by atoms with van der Waals surface area (Å²) in [5.74, 6) is -0.358. The molecule has 200 valence electrons. The molecule has 1 aliphatic rings. The van der Waals surface area contributed by atoms with Crippen LogP contribution in [-0.4, -0.2) is 20.0 Å². The fourth-order valence-electron chi connectivity index (χ4n) is 5.01. The first-order valence-electron chi connectivity index (χ1n) is 13.3. The number of fused-ring (bicyclic) bond motifs is 1. The number of anilines is 2. The average molecular weight is 552 g/mol. The van der Waals surface area contributed by atoms with Gasteiger partial charge in [0.25, 0.3) is 0 Å². The van der Waals surface area contributed by atoms with E-state index in [0.29, 0.717) is 50.2 Å². The highest BCUT2D eigenvalue weighted by Gasteiger charge is 2.28. The van der Waals surface area contributed by atoms with Crippen LogP contribution in [0.3, 0.4) is 0 Å². The van der Waals surface area contributed by atoms with Crippen LogP contribution in [0.15, 0.2) is 79.1 Å². The second-order valence-corrected chi connectivity index (χ2v) is 10.4. The topological polar surface area (TPSA) is 91.5 Å². The Balaban J connectivity index is 1.45. The summed E-state index contributed by atoms with van der Waals surface area (Å²) in [5.41, 5.74) is 4.39. The molecule has 0 amide bonds. The standard InChI is InChI=1S/C31H27ClFN7/c1-2-26(19-8-4-3-5-9-19)36-29-20(16-34)17-35-30-24(29)14-21(32)15-27(30)37-31(23-10-6-7-11-25(23)33)28-18-40(39-38-28)22-12-13-22/h3-11,14-15,17-18,22,26,31,37H,2,12-13H2,1H3,(H,35,36)/t26-,31+/m1/s1. The normalized spacial score (nSPS) is 14.4. The first kappa shape index (κ1) is 25.8. The predicted molar refractivity (Wildman–Crippen MR) is 155 cm³/mol. The Morgan fingerprint density at radius 3 is 2.60 bits per heavy atom. The van der Waals surface area contributed by atoms with Crippen molar-refractivity contribution in [3.63, 3.8) is 0 Å². The van der Waals surface area contributed by atoms with Crippen molar-refractivity contribution >= 4 is 33.9 Å². The maximum Gasteiger partial charge on any atom is 0.128 e. The number of nitriles is 1. The zero-order valence-electron chi connectivity index (χ0n) is 21.9. The van der Waals surface area contributed by atoms with E-state index in [-0.39, 0.29) is 11.9 Å². The van der Waals surface area contributed by atoms with E-state index in [1.165, 1.54) is 6.07 Å². The van der Waals surface area contributed by atoms with Crippen molar-refractivity contribution in [2.24, 2.45) is 0 Å². The van der Waals surface area contributed by atoms with E-state index < -0.39 is 6.04 Å². The molecule has 2 atom stereocenters. The van der Waals surface area contributed by atoms with E-state index in [1.54, 1.807) is 36.5 Å². The highest BCUT2D eigenvalue weighted by Crippen LogP contribution is 2.39. The Bertz CT molecular complexity index is 1710. The highest BCUT2D eigenvalue weighted by atomic mass is 35.5. The summed E-state index contributed by atoms with van der Waals surface area (Å²) in [6.07, 6.45) is 6.35. The van der Waals surface area contributed by atoms with Crippen LogP contribution in [0.1, 0.15) is 66.7 Å². The van der Waals surface area contributed by atoms with Gasteiger partial charge in [0.1, 0.15) is 23.6 Å². The molecule has 40 heavy (non-hydrogen) atoms. The molecule has 0 radical (unpaired) electrons. The van der Waals surface area contributed by atoms with E-state index in [0.717, 1.165) is 24.8 Å². The van der Waals surface area contributed by atoms with Gasteiger partial charge in [0.05, 0.1) is 40.7 Å². The lowest BCUT2D eigenvalue weighted by Crippen LogP contribution is -2.16. The van der Waals surface area contributed by atoms with Gasteiger partial charge in [-0.15, -0.1) is 5.10 Å². The lowest BCUT2D eigenvalue weighted by atomic mass is 10.0. The molecule has 1 aliphatic carbocycles. The van der Waals surface area contributed by atoms with Crippen molar-refractivity contribution in [2.45, 2.75) is 44.3 Å². The molecule has 7 nitrogen and oxygen atoms in total. The minimum Gasteiger partial charge on any atom is -0.377 e. The molecule has 9 heteroatoms. The molecule has 0 aliphatic heterocycles. The number of hydrogen-bond donors (Lipinski definition) is 2. The fraction of sp³-hybridized carbons (Fsp3) is 0.226. The summed E-state index contributed by atoms with van der Waals surface area (Å²) in [6, 6.07) is 22.2. The lowest BCUT2D eigenvalue weighted by Gasteiger charge is -2.23. The van der Waals surface area contributed by atoms with Crippen molar-refractivity contribution in [2.75, 3.05) is 10.6 Å². The average Bonchev–Trinajstić information content (AvgIpc) is 3.71. The van der Waals surface area contributed by atoms with Crippen molar-refractivity contribution in [3.05, 3.63) is 112 Å². The number of aromatic nitrogens is 4. The van der Waals surface area contributed by atoms with Crippen LogP contribution in [0.5, 0.6) is 0 Å². The third-order valence-electron chi connectivity index (χ3n) is 7.25. The van der Waals surface area contributed by atoms with Crippen molar-refractivity contribution in [1.29, 1.82) is 5.26 Å².